The van der Waals surface area contributed by atoms with E-state index in [0.29, 0.717) is 0 Å². The molecule has 88 valence electrons. The Morgan fingerprint density at radius 1 is 0.941 bits per heavy atom. The van der Waals surface area contributed by atoms with Crippen LogP contribution in [0.5, 0.6) is 0 Å². The van der Waals surface area contributed by atoms with Gasteiger partial charge < -0.3 is 0 Å². The minimum absolute atomic E-state index is 1.06. The van der Waals surface area contributed by atoms with Crippen molar-refractivity contribution in [1.82, 2.24) is 0 Å². The van der Waals surface area contributed by atoms with Gasteiger partial charge in [-0.2, -0.15) is 0 Å². The van der Waals surface area contributed by atoms with E-state index in [2.05, 4.69) is 67.1 Å². The lowest BCUT2D eigenvalue weighted by molar-refractivity contribution is -0.702. The predicted molar refractivity (Wildman–Crippen MR) is 70.9 cm³/mol. The quantitative estimate of drug-likeness (QED) is 0.705. The second kappa shape index (κ2) is 5.62. The van der Waals surface area contributed by atoms with Crippen LogP contribution in [-0.4, -0.2) is 0 Å². The van der Waals surface area contributed by atoms with E-state index >= 15 is 0 Å². The summed E-state index contributed by atoms with van der Waals surface area (Å²) in [6, 6.07) is 15.1. The molecule has 0 aliphatic carbocycles. The molecule has 0 fully saturated rings. The zero-order valence-electron chi connectivity index (χ0n) is 10.7. The Morgan fingerprint density at radius 3 is 2.41 bits per heavy atom. The minimum Gasteiger partial charge on any atom is -0.202 e. The van der Waals surface area contributed by atoms with Crippen LogP contribution in [0.1, 0.15) is 23.7 Å². The molecule has 0 N–H and O–H groups in total. The molecular weight excluding hydrogens is 206 g/mol. The molecule has 0 spiro atoms. The van der Waals surface area contributed by atoms with E-state index in [4.69, 9.17) is 0 Å². The van der Waals surface area contributed by atoms with E-state index < -0.39 is 0 Å². The lowest BCUT2D eigenvalue weighted by Crippen LogP contribution is -2.38. The molecule has 1 heteroatoms. The Hall–Kier alpha value is -1.63. The molecule has 2 aromatic rings. The van der Waals surface area contributed by atoms with Crippen molar-refractivity contribution < 1.29 is 4.57 Å². The predicted octanol–water partition coefficient (Wildman–Crippen LogP) is 3.09. The first kappa shape index (κ1) is 11.8. The van der Waals surface area contributed by atoms with Crippen LogP contribution in [0.3, 0.4) is 0 Å². The summed E-state index contributed by atoms with van der Waals surface area (Å²) in [7, 11) is 0. The molecule has 0 atom stereocenters. The number of aryl methyl sites for hydroxylation is 4. The van der Waals surface area contributed by atoms with Gasteiger partial charge in [-0.05, 0) is 18.1 Å². The highest BCUT2D eigenvalue weighted by atomic mass is 14.9. The van der Waals surface area contributed by atoms with Gasteiger partial charge in [-0.1, -0.05) is 37.3 Å². The van der Waals surface area contributed by atoms with Crippen LogP contribution in [-0.2, 0) is 19.4 Å². The summed E-state index contributed by atoms with van der Waals surface area (Å²) in [4.78, 5) is 0. The standard InChI is InChI=1S/C16H20N/c1-3-15-10-9-14(2)17(13-15)12-11-16-7-5-4-6-8-16/h4-10,13H,3,11-12H2,1-2H3/q+1. The van der Waals surface area contributed by atoms with Gasteiger partial charge in [0.1, 0.15) is 0 Å². The summed E-state index contributed by atoms with van der Waals surface area (Å²) in [5, 5.41) is 0. The number of rotatable bonds is 4. The molecule has 0 amide bonds. The van der Waals surface area contributed by atoms with Crippen LogP contribution in [0.2, 0.25) is 0 Å². The molecule has 17 heavy (non-hydrogen) atoms. The fourth-order valence-electron chi connectivity index (χ4n) is 2.01. The highest BCUT2D eigenvalue weighted by Crippen LogP contribution is 2.02. The summed E-state index contributed by atoms with van der Waals surface area (Å²) in [6.45, 7) is 5.43. The number of benzene rings is 1. The number of aromatic nitrogens is 1. The molecule has 0 aliphatic heterocycles. The van der Waals surface area contributed by atoms with Gasteiger partial charge in [0.15, 0.2) is 18.4 Å². The summed E-state index contributed by atoms with van der Waals surface area (Å²) < 4.78 is 2.35. The number of hydrogen-bond acceptors (Lipinski definition) is 0. The molecule has 0 bridgehead atoms. The largest absolute Gasteiger partial charge is 0.202 e. The SMILES string of the molecule is CCc1ccc(C)[n+](CCc2ccccc2)c1. The monoisotopic (exact) mass is 226 g/mol. The summed E-state index contributed by atoms with van der Waals surface area (Å²) in [6.07, 6.45) is 4.48. The van der Waals surface area contributed by atoms with Crippen molar-refractivity contribution in [2.24, 2.45) is 0 Å². The number of nitrogens with zero attached hydrogens (tertiary/aromatic N) is 1. The van der Waals surface area contributed by atoms with E-state index in [1.54, 1.807) is 0 Å². The molecule has 1 aromatic heterocycles. The van der Waals surface area contributed by atoms with Gasteiger partial charge in [0.05, 0.1) is 0 Å². The maximum atomic E-state index is 2.35. The Morgan fingerprint density at radius 2 is 1.71 bits per heavy atom. The van der Waals surface area contributed by atoms with Gasteiger partial charge in [-0.3, -0.25) is 0 Å². The van der Waals surface area contributed by atoms with Crippen molar-refractivity contribution in [1.29, 1.82) is 0 Å². The van der Waals surface area contributed by atoms with Crippen molar-refractivity contribution in [3.8, 4) is 0 Å². The summed E-state index contributed by atoms with van der Waals surface area (Å²) in [5.74, 6) is 0. The molecular formula is C16H20N+. The molecule has 0 radical (unpaired) electrons. The third-order valence-corrected chi connectivity index (χ3v) is 3.21. The van der Waals surface area contributed by atoms with Crippen LogP contribution >= 0.6 is 0 Å². The van der Waals surface area contributed by atoms with Crippen LogP contribution in [0.4, 0.5) is 0 Å². The fraction of sp³-hybridized carbons (Fsp3) is 0.312. The highest BCUT2D eigenvalue weighted by Gasteiger charge is 2.07. The topological polar surface area (TPSA) is 3.88 Å². The molecule has 0 saturated heterocycles. The van der Waals surface area contributed by atoms with Crippen molar-refractivity contribution in [2.45, 2.75) is 33.2 Å². The van der Waals surface area contributed by atoms with E-state index in [1.165, 1.54) is 16.8 Å². The Bertz CT molecular complexity index is 474. The van der Waals surface area contributed by atoms with E-state index in [9.17, 15) is 0 Å². The van der Waals surface area contributed by atoms with Crippen LogP contribution < -0.4 is 4.57 Å². The molecule has 0 saturated carbocycles. The van der Waals surface area contributed by atoms with Crippen molar-refractivity contribution in [3.05, 3.63) is 65.5 Å². The van der Waals surface area contributed by atoms with E-state index in [-0.39, 0.29) is 0 Å². The zero-order valence-corrected chi connectivity index (χ0v) is 10.7. The zero-order chi connectivity index (χ0) is 12.1. The second-order valence-electron chi connectivity index (χ2n) is 4.46. The third-order valence-electron chi connectivity index (χ3n) is 3.21. The molecule has 0 unspecified atom stereocenters. The lowest BCUT2D eigenvalue weighted by atomic mass is 10.1. The highest BCUT2D eigenvalue weighted by molar-refractivity contribution is 5.14. The molecule has 1 nitrogen and oxygen atoms in total. The first-order valence-corrected chi connectivity index (χ1v) is 6.32. The second-order valence-corrected chi connectivity index (χ2v) is 4.46. The Kier molecular flexibility index (Phi) is 3.92. The van der Waals surface area contributed by atoms with Crippen LogP contribution in [0.25, 0.3) is 0 Å². The Balaban J connectivity index is 2.08. The first-order valence-electron chi connectivity index (χ1n) is 6.32. The van der Waals surface area contributed by atoms with Gasteiger partial charge >= 0.3 is 0 Å². The van der Waals surface area contributed by atoms with Gasteiger partial charge in [-0.15, -0.1) is 0 Å². The number of hydrogen-bond donors (Lipinski definition) is 0. The third kappa shape index (κ3) is 3.16. The smallest absolute Gasteiger partial charge is 0.178 e. The average Bonchev–Trinajstić information content (AvgIpc) is 2.39. The maximum absolute atomic E-state index is 2.35. The van der Waals surface area contributed by atoms with Gasteiger partial charge in [0.2, 0.25) is 0 Å². The van der Waals surface area contributed by atoms with Crippen LogP contribution in [0, 0.1) is 6.92 Å². The minimum atomic E-state index is 1.06. The molecule has 2 rings (SSSR count). The normalized spacial score (nSPS) is 10.5. The van der Waals surface area contributed by atoms with E-state index in [1.807, 2.05) is 0 Å². The van der Waals surface area contributed by atoms with Crippen molar-refractivity contribution in [3.63, 3.8) is 0 Å². The summed E-state index contributed by atoms with van der Waals surface area (Å²) >= 11 is 0. The lowest BCUT2D eigenvalue weighted by Gasteiger charge is -2.03. The Labute approximate surface area is 104 Å². The average molecular weight is 226 g/mol. The van der Waals surface area contributed by atoms with Gasteiger partial charge in [-0.25, -0.2) is 4.57 Å². The maximum Gasteiger partial charge on any atom is 0.178 e. The molecule has 1 aromatic carbocycles. The van der Waals surface area contributed by atoms with E-state index in [0.717, 1.165) is 19.4 Å². The number of pyridine rings is 1. The van der Waals surface area contributed by atoms with Gasteiger partial charge in [0.25, 0.3) is 0 Å². The van der Waals surface area contributed by atoms with Crippen LogP contribution in [0.15, 0.2) is 48.7 Å². The molecule has 1 heterocycles. The van der Waals surface area contributed by atoms with Crippen molar-refractivity contribution >= 4 is 0 Å². The summed E-state index contributed by atoms with van der Waals surface area (Å²) in [5.41, 5.74) is 4.14. The van der Waals surface area contributed by atoms with Gasteiger partial charge in [0, 0.05) is 25.0 Å². The molecule has 0 aliphatic rings. The van der Waals surface area contributed by atoms with Crippen molar-refractivity contribution in [2.75, 3.05) is 0 Å². The fourth-order valence-corrected chi connectivity index (χ4v) is 2.01. The first-order chi connectivity index (χ1) is 8.29.